The lowest BCUT2D eigenvalue weighted by Crippen LogP contribution is -2.43. The van der Waals surface area contributed by atoms with Crippen LogP contribution >= 0.6 is 0 Å². The van der Waals surface area contributed by atoms with Crippen LogP contribution in [0.5, 0.6) is 0 Å². The third-order valence-electron chi connectivity index (χ3n) is 4.73. The lowest BCUT2D eigenvalue weighted by molar-refractivity contribution is 0.0649. The predicted molar refractivity (Wildman–Crippen MR) is 93.7 cm³/mol. The number of carbonyl (C=O) groups is 1. The van der Waals surface area contributed by atoms with Crippen molar-refractivity contribution in [3.63, 3.8) is 0 Å². The Bertz CT molecular complexity index is 1020. The number of rotatable bonds is 2. The topological polar surface area (TPSA) is 74.8 Å². The first-order chi connectivity index (χ1) is 12.9. The predicted octanol–water partition coefficient (Wildman–Crippen LogP) is 3.04. The van der Waals surface area contributed by atoms with Crippen LogP contribution < -0.4 is 0 Å². The molecular formula is C19H17F2N5O. The highest BCUT2D eigenvalue weighted by molar-refractivity contribution is 5.94. The molecule has 4 rings (SSSR count). The Kier molecular flexibility index (Phi) is 4.18. The zero-order chi connectivity index (χ0) is 19.1. The second-order valence-corrected chi connectivity index (χ2v) is 6.63. The standard InChI is InChI=1S/C19H17F2N5O/c1-10-7-14-17(23-11(2)24-18(14)16-5-6-22-25-16)9-26(10)19(27)13-4-3-12(20)8-15(13)21/h3-6,8,10H,7,9H2,1-2H3,(H,22,25)/t10-/m1/s1. The molecule has 0 radical (unpaired) electrons. The maximum Gasteiger partial charge on any atom is 0.257 e. The monoisotopic (exact) mass is 369 g/mol. The van der Waals surface area contributed by atoms with E-state index in [4.69, 9.17) is 0 Å². The van der Waals surface area contributed by atoms with Gasteiger partial charge in [0.15, 0.2) is 0 Å². The number of carbonyl (C=O) groups excluding carboxylic acids is 1. The first-order valence-corrected chi connectivity index (χ1v) is 8.56. The zero-order valence-corrected chi connectivity index (χ0v) is 14.8. The van der Waals surface area contributed by atoms with Gasteiger partial charge in [0.25, 0.3) is 5.91 Å². The number of hydrogen-bond donors (Lipinski definition) is 1. The molecule has 1 aliphatic rings. The van der Waals surface area contributed by atoms with Gasteiger partial charge in [0, 0.05) is 23.9 Å². The van der Waals surface area contributed by atoms with Crippen molar-refractivity contribution in [3.8, 4) is 11.4 Å². The zero-order valence-electron chi connectivity index (χ0n) is 14.8. The molecular weight excluding hydrogens is 352 g/mol. The normalized spacial score (nSPS) is 16.3. The highest BCUT2D eigenvalue weighted by Crippen LogP contribution is 2.30. The van der Waals surface area contributed by atoms with E-state index in [9.17, 15) is 13.6 Å². The molecule has 138 valence electrons. The van der Waals surface area contributed by atoms with Gasteiger partial charge in [-0.1, -0.05) is 0 Å². The maximum atomic E-state index is 14.1. The summed E-state index contributed by atoms with van der Waals surface area (Å²) in [5.41, 5.74) is 3.07. The van der Waals surface area contributed by atoms with Crippen LogP contribution in [0.4, 0.5) is 8.78 Å². The molecule has 6 nitrogen and oxygen atoms in total. The van der Waals surface area contributed by atoms with Crippen LogP contribution in [-0.2, 0) is 13.0 Å². The largest absolute Gasteiger partial charge is 0.330 e. The number of aromatic amines is 1. The molecule has 0 aliphatic carbocycles. The number of amides is 1. The molecule has 3 aromatic rings. The third-order valence-corrected chi connectivity index (χ3v) is 4.73. The van der Waals surface area contributed by atoms with Gasteiger partial charge in [-0.15, -0.1) is 0 Å². The average Bonchev–Trinajstić information content (AvgIpc) is 3.15. The smallest absolute Gasteiger partial charge is 0.257 e. The van der Waals surface area contributed by atoms with Crippen molar-refractivity contribution < 1.29 is 13.6 Å². The lowest BCUT2D eigenvalue weighted by atomic mass is 9.95. The Labute approximate surface area is 154 Å². The molecule has 2 aromatic heterocycles. The molecule has 0 fully saturated rings. The van der Waals surface area contributed by atoms with Crippen molar-refractivity contribution >= 4 is 5.91 Å². The Morgan fingerprint density at radius 3 is 2.78 bits per heavy atom. The van der Waals surface area contributed by atoms with Gasteiger partial charge in [0.2, 0.25) is 0 Å². The SMILES string of the molecule is Cc1nc2c(c(-c3ccn[nH]3)n1)C[C@@H](C)N(C(=O)c1ccc(F)cc1F)C2. The van der Waals surface area contributed by atoms with Crippen LogP contribution in [0.1, 0.15) is 34.4 Å². The van der Waals surface area contributed by atoms with Gasteiger partial charge in [-0.2, -0.15) is 5.10 Å². The highest BCUT2D eigenvalue weighted by Gasteiger charge is 2.32. The molecule has 0 unspecified atom stereocenters. The number of aromatic nitrogens is 4. The number of nitrogens with one attached hydrogen (secondary N) is 1. The molecule has 3 heterocycles. The molecule has 1 aromatic carbocycles. The molecule has 0 saturated carbocycles. The van der Waals surface area contributed by atoms with Crippen molar-refractivity contribution in [2.24, 2.45) is 0 Å². The summed E-state index contributed by atoms with van der Waals surface area (Å²) >= 11 is 0. The van der Waals surface area contributed by atoms with E-state index >= 15 is 0 Å². The lowest BCUT2D eigenvalue weighted by Gasteiger charge is -2.35. The minimum atomic E-state index is -0.866. The number of halogens is 2. The molecule has 0 spiro atoms. The Hall–Kier alpha value is -3.16. The fourth-order valence-corrected chi connectivity index (χ4v) is 3.42. The number of nitrogens with zero attached hydrogens (tertiary/aromatic N) is 4. The van der Waals surface area contributed by atoms with E-state index < -0.39 is 17.5 Å². The molecule has 1 aliphatic heterocycles. The molecule has 1 N–H and O–H groups in total. The minimum Gasteiger partial charge on any atom is -0.330 e. The fourth-order valence-electron chi connectivity index (χ4n) is 3.42. The van der Waals surface area contributed by atoms with Crippen molar-refractivity contribution in [2.75, 3.05) is 0 Å². The summed E-state index contributed by atoms with van der Waals surface area (Å²) in [7, 11) is 0. The summed E-state index contributed by atoms with van der Waals surface area (Å²) < 4.78 is 27.2. The van der Waals surface area contributed by atoms with Gasteiger partial charge in [0.1, 0.15) is 17.5 Å². The van der Waals surface area contributed by atoms with Gasteiger partial charge in [-0.05, 0) is 38.5 Å². The van der Waals surface area contributed by atoms with E-state index in [-0.39, 0.29) is 18.2 Å². The number of H-pyrrole nitrogens is 1. The van der Waals surface area contributed by atoms with Crippen molar-refractivity contribution in [3.05, 3.63) is 64.7 Å². The van der Waals surface area contributed by atoms with Crippen molar-refractivity contribution in [1.29, 1.82) is 0 Å². The summed E-state index contributed by atoms with van der Waals surface area (Å²) in [5, 5.41) is 6.89. The molecule has 27 heavy (non-hydrogen) atoms. The minimum absolute atomic E-state index is 0.147. The number of aryl methyl sites for hydroxylation is 1. The average molecular weight is 369 g/mol. The van der Waals surface area contributed by atoms with Gasteiger partial charge >= 0.3 is 0 Å². The maximum absolute atomic E-state index is 14.1. The number of benzene rings is 1. The van der Waals surface area contributed by atoms with Crippen LogP contribution in [0, 0.1) is 18.6 Å². The van der Waals surface area contributed by atoms with E-state index in [0.29, 0.717) is 12.2 Å². The fraction of sp³-hybridized carbons (Fsp3) is 0.263. The summed E-state index contributed by atoms with van der Waals surface area (Å²) in [6.45, 7) is 3.90. The van der Waals surface area contributed by atoms with Gasteiger partial charge in [0.05, 0.1) is 29.2 Å². The first kappa shape index (κ1) is 17.3. The van der Waals surface area contributed by atoms with Gasteiger partial charge in [-0.25, -0.2) is 18.7 Å². The number of hydrogen-bond acceptors (Lipinski definition) is 4. The number of fused-ring (bicyclic) bond motifs is 1. The van der Waals surface area contributed by atoms with Gasteiger partial charge < -0.3 is 4.90 Å². The molecule has 0 saturated heterocycles. The molecule has 1 atom stereocenters. The summed E-state index contributed by atoms with van der Waals surface area (Å²) in [6, 6.07) is 4.62. The van der Waals surface area contributed by atoms with E-state index in [0.717, 1.165) is 34.8 Å². The second kappa shape index (κ2) is 6.53. The Morgan fingerprint density at radius 2 is 2.07 bits per heavy atom. The molecule has 8 heteroatoms. The van der Waals surface area contributed by atoms with Crippen molar-refractivity contribution in [2.45, 2.75) is 32.9 Å². The third kappa shape index (κ3) is 3.07. The van der Waals surface area contributed by atoms with Crippen molar-refractivity contribution in [1.82, 2.24) is 25.1 Å². The quantitative estimate of drug-likeness (QED) is 0.753. The van der Waals surface area contributed by atoms with Crippen LogP contribution in [0.25, 0.3) is 11.4 Å². The second-order valence-electron chi connectivity index (χ2n) is 6.63. The van der Waals surface area contributed by atoms with E-state index in [2.05, 4.69) is 20.2 Å². The summed E-state index contributed by atoms with van der Waals surface area (Å²) in [6.07, 6.45) is 2.18. The van der Waals surface area contributed by atoms with E-state index in [1.54, 1.807) is 18.0 Å². The Morgan fingerprint density at radius 1 is 1.26 bits per heavy atom. The van der Waals surface area contributed by atoms with Crippen LogP contribution in [0.2, 0.25) is 0 Å². The summed E-state index contributed by atoms with van der Waals surface area (Å²) in [5.74, 6) is -1.48. The first-order valence-electron chi connectivity index (χ1n) is 8.56. The van der Waals surface area contributed by atoms with Crippen LogP contribution in [0.15, 0.2) is 30.5 Å². The van der Waals surface area contributed by atoms with E-state index in [1.807, 2.05) is 13.0 Å². The Balaban J connectivity index is 1.72. The van der Waals surface area contributed by atoms with E-state index in [1.165, 1.54) is 6.07 Å². The molecule has 1 amide bonds. The van der Waals surface area contributed by atoms with Crippen LogP contribution in [0.3, 0.4) is 0 Å². The highest BCUT2D eigenvalue weighted by atomic mass is 19.1. The summed E-state index contributed by atoms with van der Waals surface area (Å²) in [4.78, 5) is 23.4. The molecule has 0 bridgehead atoms. The van der Waals surface area contributed by atoms with Crippen LogP contribution in [-0.4, -0.2) is 37.0 Å². The van der Waals surface area contributed by atoms with Gasteiger partial charge in [-0.3, -0.25) is 9.89 Å².